The minimum Gasteiger partial charge on any atom is -0.456 e. The van der Waals surface area contributed by atoms with Gasteiger partial charge in [-0.1, -0.05) is 176 Å². The molecular formula is C61H39N3OS. The zero-order chi connectivity index (χ0) is 43.6. The highest BCUT2D eigenvalue weighted by Gasteiger charge is 2.27. The van der Waals surface area contributed by atoms with Gasteiger partial charge in [-0.2, -0.15) is 0 Å². The quantitative estimate of drug-likeness (QED) is 0.174. The first kappa shape index (κ1) is 38.1. The van der Waals surface area contributed by atoms with Crippen LogP contribution in [0.2, 0.25) is 0 Å². The van der Waals surface area contributed by atoms with E-state index in [4.69, 9.17) is 14.4 Å². The normalized spacial score (nSPS) is 13.9. The minimum absolute atomic E-state index is 0.429. The molecule has 1 atom stereocenters. The number of nitrogens with one attached hydrogen (secondary N) is 1. The third-order valence-corrected chi connectivity index (χ3v) is 14.1. The number of hydrogen-bond acceptors (Lipinski definition) is 5. The van der Waals surface area contributed by atoms with Crippen LogP contribution < -0.4 is 5.32 Å². The lowest BCUT2D eigenvalue weighted by molar-refractivity contribution is 0.669. The highest BCUT2D eigenvalue weighted by molar-refractivity contribution is 7.26. The van der Waals surface area contributed by atoms with Crippen molar-refractivity contribution in [2.24, 2.45) is 9.98 Å². The minimum atomic E-state index is -0.429. The Morgan fingerprint density at radius 3 is 1.65 bits per heavy atom. The van der Waals surface area contributed by atoms with Crippen LogP contribution in [0.25, 0.3) is 97.4 Å². The number of nitrogens with zero attached hydrogens (tertiary/aromatic N) is 2. The molecule has 1 N–H and O–H groups in total. The van der Waals surface area contributed by atoms with Crippen molar-refractivity contribution >= 4 is 75.9 Å². The summed E-state index contributed by atoms with van der Waals surface area (Å²) in [5, 5.41) is 10.7. The van der Waals surface area contributed by atoms with Crippen molar-refractivity contribution in [2.75, 3.05) is 0 Å². The van der Waals surface area contributed by atoms with Gasteiger partial charge in [-0.05, 0) is 104 Å². The smallest absolute Gasteiger partial charge is 0.159 e. The second-order valence-electron chi connectivity index (χ2n) is 17.0. The maximum absolute atomic E-state index is 6.94. The molecule has 1 aliphatic rings. The van der Waals surface area contributed by atoms with Gasteiger partial charge in [0.05, 0.1) is 0 Å². The molecule has 12 aromatic rings. The largest absolute Gasteiger partial charge is 0.456 e. The Balaban J connectivity index is 1.05. The van der Waals surface area contributed by atoms with Crippen LogP contribution >= 0.6 is 11.3 Å². The summed E-state index contributed by atoms with van der Waals surface area (Å²) in [6.45, 7) is 0. The van der Waals surface area contributed by atoms with Crippen LogP contribution in [-0.2, 0) is 0 Å². The van der Waals surface area contributed by atoms with Crippen molar-refractivity contribution in [3.05, 3.63) is 241 Å². The molecular weight excluding hydrogens is 823 g/mol. The van der Waals surface area contributed by atoms with E-state index in [1.807, 2.05) is 11.3 Å². The first-order chi connectivity index (χ1) is 32.7. The summed E-state index contributed by atoms with van der Waals surface area (Å²) < 4.78 is 9.41. The van der Waals surface area contributed by atoms with Crippen LogP contribution in [0.5, 0.6) is 0 Å². The second kappa shape index (κ2) is 15.7. The predicted octanol–water partition coefficient (Wildman–Crippen LogP) is 16.3. The standard InChI is InChI=1S/C61H39N3OS/c1-4-15-38(16-5-1)41-27-29-42(30-28-41)59-62-60(51-25-14-24-50-49-23-12-13-26-56(49)66-58(50)51)64-61(63-59)53-35-48(37-55-57(53)52-34-43-21-10-11-22-44(43)36-54(52)65-55)47-32-45(39-17-6-2-7-18-39)31-46(33-47)40-19-8-3-9-20-40/h1-37,60H,(H,62,63,64). The number of fused-ring (bicyclic) bond motifs is 7. The van der Waals surface area contributed by atoms with E-state index in [2.05, 4.69) is 230 Å². The number of aliphatic imine (C=N–C) groups is 2. The summed E-state index contributed by atoms with van der Waals surface area (Å²) in [4.78, 5) is 11.0. The first-order valence-corrected chi connectivity index (χ1v) is 23.1. The fourth-order valence-corrected chi connectivity index (χ4v) is 10.9. The van der Waals surface area contributed by atoms with Crippen molar-refractivity contribution in [2.45, 2.75) is 6.17 Å². The Kier molecular flexibility index (Phi) is 9.07. The highest BCUT2D eigenvalue weighted by Crippen LogP contribution is 2.42. The Hall–Kier alpha value is -8.38. The average Bonchev–Trinajstić information content (AvgIpc) is 3.96. The molecule has 3 heterocycles. The van der Waals surface area contributed by atoms with Gasteiger partial charge in [-0.3, -0.25) is 0 Å². The van der Waals surface area contributed by atoms with Crippen molar-refractivity contribution < 1.29 is 4.42 Å². The molecule has 10 aromatic carbocycles. The topological polar surface area (TPSA) is 49.9 Å². The van der Waals surface area contributed by atoms with E-state index in [9.17, 15) is 0 Å². The monoisotopic (exact) mass is 861 g/mol. The highest BCUT2D eigenvalue weighted by atomic mass is 32.1. The van der Waals surface area contributed by atoms with Gasteiger partial charge < -0.3 is 9.73 Å². The van der Waals surface area contributed by atoms with Crippen molar-refractivity contribution in [1.82, 2.24) is 5.32 Å². The SMILES string of the molecule is c1ccc(-c2ccc(C3=NC(c4cccc5c4sc4ccccc45)NC(c4cc(-c5cc(-c6ccccc6)cc(-c6ccccc6)c5)cc5oc6cc7ccccc7cc6c45)=N3)cc2)cc1. The van der Waals surface area contributed by atoms with E-state index < -0.39 is 6.17 Å². The molecule has 1 unspecified atom stereocenters. The van der Waals surface area contributed by atoms with Crippen LogP contribution in [0.4, 0.5) is 0 Å². The molecule has 5 heteroatoms. The van der Waals surface area contributed by atoms with E-state index in [0.29, 0.717) is 5.84 Å². The molecule has 0 saturated heterocycles. The molecule has 2 aromatic heterocycles. The van der Waals surface area contributed by atoms with Crippen LogP contribution in [0.1, 0.15) is 22.9 Å². The zero-order valence-electron chi connectivity index (χ0n) is 35.7. The first-order valence-electron chi connectivity index (χ1n) is 22.3. The summed E-state index contributed by atoms with van der Waals surface area (Å²) in [6, 6.07) is 80.0. The predicted molar refractivity (Wildman–Crippen MR) is 278 cm³/mol. The fraction of sp³-hybridized carbons (Fsp3) is 0.0164. The molecule has 0 aliphatic carbocycles. The average molecular weight is 862 g/mol. The lowest BCUT2D eigenvalue weighted by Crippen LogP contribution is -2.33. The van der Waals surface area contributed by atoms with Gasteiger partial charge in [0.25, 0.3) is 0 Å². The molecule has 13 rings (SSSR count). The maximum atomic E-state index is 6.94. The van der Waals surface area contributed by atoms with Crippen LogP contribution in [0, 0.1) is 0 Å². The summed E-state index contributed by atoms with van der Waals surface area (Å²) in [7, 11) is 0. The van der Waals surface area contributed by atoms with Gasteiger partial charge in [-0.15, -0.1) is 11.3 Å². The molecule has 0 bridgehead atoms. The summed E-state index contributed by atoms with van der Waals surface area (Å²) in [6.07, 6.45) is -0.429. The number of furan rings is 1. The van der Waals surface area contributed by atoms with Gasteiger partial charge in [0.15, 0.2) is 5.84 Å². The van der Waals surface area contributed by atoms with Crippen LogP contribution in [0.15, 0.2) is 239 Å². The van der Waals surface area contributed by atoms with E-state index >= 15 is 0 Å². The van der Waals surface area contributed by atoms with Gasteiger partial charge >= 0.3 is 0 Å². The van der Waals surface area contributed by atoms with Gasteiger partial charge in [-0.25, -0.2) is 9.98 Å². The lowest BCUT2D eigenvalue weighted by atomic mass is 9.91. The number of hydrogen-bond donors (Lipinski definition) is 1. The van der Waals surface area contributed by atoms with Gasteiger partial charge in [0.1, 0.15) is 23.2 Å². The third-order valence-electron chi connectivity index (χ3n) is 12.9. The van der Waals surface area contributed by atoms with E-state index in [1.165, 1.54) is 25.7 Å². The Labute approximate surface area is 385 Å². The molecule has 0 saturated carbocycles. The Morgan fingerprint density at radius 2 is 0.955 bits per heavy atom. The lowest BCUT2D eigenvalue weighted by Gasteiger charge is -2.25. The van der Waals surface area contributed by atoms with Gasteiger partial charge in [0.2, 0.25) is 0 Å². The fourth-order valence-electron chi connectivity index (χ4n) is 9.64. The molecule has 66 heavy (non-hydrogen) atoms. The number of thiophene rings is 1. The molecule has 310 valence electrons. The van der Waals surface area contributed by atoms with E-state index in [0.717, 1.165) is 94.2 Å². The molecule has 0 fully saturated rings. The van der Waals surface area contributed by atoms with Crippen molar-refractivity contribution in [3.63, 3.8) is 0 Å². The second-order valence-corrected chi connectivity index (χ2v) is 18.0. The molecule has 0 spiro atoms. The summed E-state index contributed by atoms with van der Waals surface area (Å²) >= 11 is 1.82. The molecule has 0 amide bonds. The maximum Gasteiger partial charge on any atom is 0.159 e. The van der Waals surface area contributed by atoms with Crippen LogP contribution in [0.3, 0.4) is 0 Å². The number of rotatable bonds is 7. The summed E-state index contributed by atoms with van der Waals surface area (Å²) in [5.74, 6) is 1.40. The van der Waals surface area contributed by atoms with Gasteiger partial charge in [0, 0.05) is 47.6 Å². The van der Waals surface area contributed by atoms with Crippen LogP contribution in [-0.4, -0.2) is 11.7 Å². The Morgan fingerprint density at radius 1 is 0.409 bits per heavy atom. The molecule has 4 nitrogen and oxygen atoms in total. The number of amidine groups is 2. The molecule has 0 radical (unpaired) electrons. The molecule has 1 aliphatic heterocycles. The third kappa shape index (κ3) is 6.68. The zero-order valence-corrected chi connectivity index (χ0v) is 36.5. The van der Waals surface area contributed by atoms with Crippen molar-refractivity contribution in [3.8, 4) is 44.5 Å². The number of benzene rings is 10. The van der Waals surface area contributed by atoms with E-state index in [1.54, 1.807) is 0 Å². The van der Waals surface area contributed by atoms with E-state index in [-0.39, 0.29) is 0 Å². The van der Waals surface area contributed by atoms with Crippen molar-refractivity contribution in [1.29, 1.82) is 0 Å². The summed E-state index contributed by atoms with van der Waals surface area (Å²) in [5.41, 5.74) is 13.6. The Bertz CT molecular complexity index is 3830.